The van der Waals surface area contributed by atoms with E-state index >= 15 is 0 Å². The molecule has 0 saturated carbocycles. The number of halogens is 2. The van der Waals surface area contributed by atoms with Gasteiger partial charge in [-0.3, -0.25) is 4.79 Å². The summed E-state index contributed by atoms with van der Waals surface area (Å²) in [5.41, 5.74) is 2.32. The minimum atomic E-state index is -2.92. The first-order valence-electron chi connectivity index (χ1n) is 8.04. The zero-order valence-electron chi connectivity index (χ0n) is 14.8. The summed E-state index contributed by atoms with van der Waals surface area (Å²) in [5, 5.41) is 2.47. The summed E-state index contributed by atoms with van der Waals surface area (Å²) in [6, 6.07) is 10.9. The molecule has 0 unspecified atom stereocenters. The maximum absolute atomic E-state index is 12.1. The summed E-state index contributed by atoms with van der Waals surface area (Å²) in [4.78, 5) is 23.4. The number of carbonyl (C=O) groups excluding carboxylic acids is 2. The summed E-state index contributed by atoms with van der Waals surface area (Å²) in [5.74, 6) is -0.728. The van der Waals surface area contributed by atoms with Crippen molar-refractivity contribution in [2.24, 2.45) is 0 Å². The molecule has 0 radical (unpaired) electrons. The van der Waals surface area contributed by atoms with Gasteiger partial charge in [-0.2, -0.15) is 8.78 Å². The lowest BCUT2D eigenvalue weighted by molar-refractivity contribution is -0.149. The quantitative estimate of drug-likeness (QED) is 0.711. The van der Waals surface area contributed by atoms with E-state index in [1.165, 1.54) is 24.3 Å². The van der Waals surface area contributed by atoms with E-state index in [9.17, 15) is 18.4 Å². The van der Waals surface area contributed by atoms with Crippen LogP contribution in [0.4, 0.5) is 14.5 Å². The highest BCUT2D eigenvalue weighted by atomic mass is 19.3. The molecule has 2 rings (SSSR count). The van der Waals surface area contributed by atoms with E-state index in [1.54, 1.807) is 6.07 Å². The second-order valence-corrected chi connectivity index (χ2v) is 5.67. The van der Waals surface area contributed by atoms with Crippen LogP contribution in [-0.2, 0) is 14.3 Å². The van der Waals surface area contributed by atoms with Gasteiger partial charge in [0.05, 0.1) is 0 Å². The highest BCUT2D eigenvalue weighted by Gasteiger charge is 2.10. The van der Waals surface area contributed by atoms with Crippen LogP contribution < -0.4 is 14.8 Å². The van der Waals surface area contributed by atoms with Crippen molar-refractivity contribution < 1.29 is 32.6 Å². The third-order valence-electron chi connectivity index (χ3n) is 3.40. The minimum absolute atomic E-state index is 0.0297. The molecule has 0 atom stereocenters. The fourth-order valence-corrected chi connectivity index (χ4v) is 2.20. The SMILES string of the molecule is Cc1ccc(OCC(=O)OCC(=O)Nc2ccc(OC(F)F)cc2)c(C)c1. The number of rotatable bonds is 8. The third-order valence-corrected chi connectivity index (χ3v) is 3.40. The number of amides is 1. The maximum atomic E-state index is 12.1. The molecule has 8 heteroatoms. The maximum Gasteiger partial charge on any atom is 0.387 e. The number of ether oxygens (including phenoxy) is 3. The van der Waals surface area contributed by atoms with Crippen LogP contribution in [0.5, 0.6) is 11.5 Å². The number of carbonyl (C=O) groups is 2. The summed E-state index contributed by atoms with van der Waals surface area (Å²) < 4.78 is 38.5. The molecule has 0 aliphatic carbocycles. The molecule has 27 heavy (non-hydrogen) atoms. The van der Waals surface area contributed by atoms with Crippen molar-refractivity contribution in [2.75, 3.05) is 18.5 Å². The van der Waals surface area contributed by atoms with Crippen molar-refractivity contribution in [3.05, 3.63) is 53.6 Å². The summed E-state index contributed by atoms with van der Waals surface area (Å²) in [6.45, 7) is 0.0685. The molecule has 0 aliphatic rings. The number of benzene rings is 2. The third kappa shape index (κ3) is 6.93. The molecular weight excluding hydrogens is 360 g/mol. The Bertz CT molecular complexity index is 793. The van der Waals surface area contributed by atoms with Crippen LogP contribution >= 0.6 is 0 Å². The van der Waals surface area contributed by atoms with E-state index in [1.807, 2.05) is 26.0 Å². The monoisotopic (exact) mass is 379 g/mol. The molecule has 0 spiro atoms. The fourth-order valence-electron chi connectivity index (χ4n) is 2.20. The molecule has 1 N–H and O–H groups in total. The van der Waals surface area contributed by atoms with E-state index in [4.69, 9.17) is 9.47 Å². The van der Waals surface area contributed by atoms with Gasteiger partial charge >= 0.3 is 12.6 Å². The number of anilines is 1. The lowest BCUT2D eigenvalue weighted by Crippen LogP contribution is -2.23. The zero-order chi connectivity index (χ0) is 19.8. The van der Waals surface area contributed by atoms with Crippen LogP contribution in [0.15, 0.2) is 42.5 Å². The molecule has 0 aromatic heterocycles. The molecule has 2 aromatic carbocycles. The molecule has 0 bridgehead atoms. The first kappa shape index (κ1) is 20.2. The molecule has 2 aromatic rings. The van der Waals surface area contributed by atoms with Crippen molar-refractivity contribution in [1.29, 1.82) is 0 Å². The van der Waals surface area contributed by atoms with E-state index < -0.39 is 25.1 Å². The van der Waals surface area contributed by atoms with Crippen molar-refractivity contribution in [3.8, 4) is 11.5 Å². The van der Waals surface area contributed by atoms with E-state index in [-0.39, 0.29) is 12.4 Å². The van der Waals surface area contributed by atoms with Crippen molar-refractivity contribution in [3.63, 3.8) is 0 Å². The van der Waals surface area contributed by atoms with Crippen LogP contribution in [0.25, 0.3) is 0 Å². The molecule has 144 valence electrons. The molecule has 6 nitrogen and oxygen atoms in total. The van der Waals surface area contributed by atoms with Crippen LogP contribution in [0.1, 0.15) is 11.1 Å². The Hall–Kier alpha value is -3.16. The Morgan fingerprint density at radius 3 is 2.37 bits per heavy atom. The topological polar surface area (TPSA) is 73.9 Å². The molecule has 0 saturated heterocycles. The summed E-state index contributed by atoms with van der Waals surface area (Å²) in [7, 11) is 0. The van der Waals surface area contributed by atoms with Gasteiger partial charge in [0.15, 0.2) is 13.2 Å². The Balaban J connectivity index is 1.73. The molecule has 0 heterocycles. The number of aryl methyl sites for hydroxylation is 2. The lowest BCUT2D eigenvalue weighted by Gasteiger charge is -2.10. The van der Waals surface area contributed by atoms with E-state index in [0.29, 0.717) is 11.4 Å². The Morgan fingerprint density at radius 1 is 1.04 bits per heavy atom. The summed E-state index contributed by atoms with van der Waals surface area (Å²) in [6.07, 6.45) is 0. The minimum Gasteiger partial charge on any atom is -0.482 e. The van der Waals surface area contributed by atoms with Gasteiger partial charge in [0, 0.05) is 5.69 Å². The van der Waals surface area contributed by atoms with Gasteiger partial charge in [0.2, 0.25) is 0 Å². The second-order valence-electron chi connectivity index (χ2n) is 5.67. The van der Waals surface area contributed by atoms with Crippen LogP contribution in [0.3, 0.4) is 0 Å². The molecule has 0 aliphatic heterocycles. The van der Waals surface area contributed by atoms with Gasteiger partial charge in [-0.15, -0.1) is 0 Å². The molecule has 0 fully saturated rings. The van der Waals surface area contributed by atoms with Crippen molar-refractivity contribution in [1.82, 2.24) is 0 Å². The van der Waals surface area contributed by atoms with Gasteiger partial charge in [-0.25, -0.2) is 4.79 Å². The lowest BCUT2D eigenvalue weighted by atomic mass is 10.1. The van der Waals surface area contributed by atoms with Gasteiger partial charge in [0.1, 0.15) is 11.5 Å². The highest BCUT2D eigenvalue weighted by Crippen LogP contribution is 2.19. The predicted molar refractivity (Wildman–Crippen MR) is 94.1 cm³/mol. The average Bonchev–Trinajstić information content (AvgIpc) is 2.60. The normalized spacial score (nSPS) is 10.4. The standard InChI is InChI=1S/C19H19F2NO5/c1-12-3-8-16(13(2)9-12)25-11-18(24)26-10-17(23)22-14-4-6-15(7-5-14)27-19(20)21/h3-9,19H,10-11H2,1-2H3,(H,22,23). The largest absolute Gasteiger partial charge is 0.482 e. The highest BCUT2D eigenvalue weighted by molar-refractivity contribution is 5.92. The summed E-state index contributed by atoms with van der Waals surface area (Å²) >= 11 is 0. The Kier molecular flexibility index (Phi) is 7.10. The van der Waals surface area contributed by atoms with E-state index in [0.717, 1.165) is 11.1 Å². The smallest absolute Gasteiger partial charge is 0.387 e. The second kappa shape index (κ2) is 9.51. The van der Waals surface area contributed by atoms with Crippen LogP contribution in [-0.4, -0.2) is 31.7 Å². The predicted octanol–water partition coefficient (Wildman–Crippen LogP) is 3.47. The van der Waals surface area contributed by atoms with Gasteiger partial charge < -0.3 is 19.5 Å². The number of alkyl halides is 2. The van der Waals surface area contributed by atoms with Gasteiger partial charge in [0.25, 0.3) is 5.91 Å². The molecule has 1 amide bonds. The van der Waals surface area contributed by atoms with Gasteiger partial charge in [-0.05, 0) is 49.7 Å². The van der Waals surface area contributed by atoms with Crippen LogP contribution in [0, 0.1) is 13.8 Å². The zero-order valence-corrected chi connectivity index (χ0v) is 14.8. The van der Waals surface area contributed by atoms with Gasteiger partial charge in [-0.1, -0.05) is 17.7 Å². The van der Waals surface area contributed by atoms with Crippen molar-refractivity contribution >= 4 is 17.6 Å². The number of esters is 1. The molecular formula is C19H19F2NO5. The number of hydrogen-bond acceptors (Lipinski definition) is 5. The Labute approximate surface area is 155 Å². The average molecular weight is 379 g/mol. The number of hydrogen-bond donors (Lipinski definition) is 1. The first-order chi connectivity index (χ1) is 12.8. The number of nitrogens with one attached hydrogen (secondary N) is 1. The first-order valence-corrected chi connectivity index (χ1v) is 8.04. The van der Waals surface area contributed by atoms with Crippen molar-refractivity contribution in [2.45, 2.75) is 20.5 Å². The van der Waals surface area contributed by atoms with E-state index in [2.05, 4.69) is 10.1 Å². The fraction of sp³-hybridized carbons (Fsp3) is 0.263. The van der Waals surface area contributed by atoms with Crippen LogP contribution in [0.2, 0.25) is 0 Å². The Morgan fingerprint density at radius 2 is 1.74 bits per heavy atom.